The smallest absolute Gasteiger partial charge is 0.131 e. The van der Waals surface area contributed by atoms with Crippen LogP contribution in [-0.4, -0.2) is 18.1 Å². The Bertz CT molecular complexity index is 725. The summed E-state index contributed by atoms with van der Waals surface area (Å²) in [5, 5.41) is 16.8. The summed E-state index contributed by atoms with van der Waals surface area (Å²) in [5.41, 5.74) is 1.15. The summed E-state index contributed by atoms with van der Waals surface area (Å²) in [6, 6.07) is 19.3. The molecule has 1 heterocycles. The molecule has 0 aromatic heterocycles. The Morgan fingerprint density at radius 1 is 1.25 bits per heavy atom. The average Bonchev–Trinajstić information content (AvgIpc) is 2.58. The van der Waals surface area contributed by atoms with E-state index in [-0.39, 0.29) is 17.8 Å². The first-order chi connectivity index (χ1) is 11.6. The highest BCUT2D eigenvalue weighted by atomic mass is 19.1. The number of hydrogen-bond donors (Lipinski definition) is 2. The number of anilines is 1. The lowest BCUT2D eigenvalue weighted by Crippen LogP contribution is -2.58. The molecule has 0 aliphatic carbocycles. The van der Waals surface area contributed by atoms with Gasteiger partial charge in [0.15, 0.2) is 0 Å². The first-order valence-corrected chi connectivity index (χ1v) is 8.33. The molecule has 4 heteroatoms. The van der Waals surface area contributed by atoms with Gasteiger partial charge in [0, 0.05) is 24.2 Å². The fraction of sp³-hybridized carbons (Fsp3) is 0.350. The van der Waals surface area contributed by atoms with Crippen molar-refractivity contribution in [2.24, 2.45) is 5.92 Å². The predicted molar refractivity (Wildman–Crippen MR) is 94.1 cm³/mol. The molecule has 1 saturated heterocycles. The van der Waals surface area contributed by atoms with Gasteiger partial charge in [0.2, 0.25) is 0 Å². The molecule has 1 aliphatic heterocycles. The normalized spacial score (nSPS) is 26.5. The molecule has 0 spiro atoms. The zero-order chi connectivity index (χ0) is 17.0. The second kappa shape index (κ2) is 7.02. The van der Waals surface area contributed by atoms with Crippen LogP contribution < -0.4 is 10.6 Å². The number of nitriles is 1. The number of halogens is 1. The lowest BCUT2D eigenvalue weighted by atomic mass is 9.74. The van der Waals surface area contributed by atoms with Crippen LogP contribution in [0, 0.1) is 23.1 Å². The van der Waals surface area contributed by atoms with Crippen molar-refractivity contribution in [3.63, 3.8) is 0 Å². The third-order valence-electron chi connectivity index (χ3n) is 4.75. The van der Waals surface area contributed by atoms with Crippen molar-refractivity contribution >= 4 is 5.69 Å². The van der Waals surface area contributed by atoms with Crippen molar-refractivity contribution in [1.82, 2.24) is 5.32 Å². The molecule has 2 aromatic carbocycles. The van der Waals surface area contributed by atoms with Crippen LogP contribution in [0.5, 0.6) is 0 Å². The number of nitrogens with one attached hydrogen (secondary N) is 2. The maximum absolute atomic E-state index is 13.5. The quantitative estimate of drug-likeness (QED) is 0.901. The minimum absolute atomic E-state index is 0.101. The molecular formula is C20H22FN3. The zero-order valence-electron chi connectivity index (χ0n) is 13.8. The van der Waals surface area contributed by atoms with Crippen molar-refractivity contribution in [2.75, 3.05) is 11.9 Å². The maximum atomic E-state index is 13.5. The lowest BCUT2D eigenvalue weighted by molar-refractivity contribution is 0.241. The summed E-state index contributed by atoms with van der Waals surface area (Å²) >= 11 is 0. The van der Waals surface area contributed by atoms with E-state index in [2.05, 4.69) is 35.8 Å². The summed E-state index contributed by atoms with van der Waals surface area (Å²) < 4.78 is 13.5. The molecule has 1 aliphatic rings. The topological polar surface area (TPSA) is 47.9 Å². The van der Waals surface area contributed by atoms with Gasteiger partial charge in [-0.05, 0) is 43.5 Å². The second-order valence-corrected chi connectivity index (χ2v) is 6.62. The Morgan fingerprint density at radius 2 is 2.04 bits per heavy atom. The average molecular weight is 323 g/mol. The monoisotopic (exact) mass is 323 g/mol. The Kier molecular flexibility index (Phi) is 4.82. The van der Waals surface area contributed by atoms with E-state index in [1.165, 1.54) is 17.7 Å². The van der Waals surface area contributed by atoms with Crippen LogP contribution in [0.1, 0.15) is 18.9 Å². The maximum Gasteiger partial charge on any atom is 0.131 e. The molecule has 0 amide bonds. The van der Waals surface area contributed by atoms with Gasteiger partial charge >= 0.3 is 0 Å². The first kappa shape index (κ1) is 16.5. The summed E-state index contributed by atoms with van der Waals surface area (Å²) in [6.45, 7) is 2.84. The van der Waals surface area contributed by atoms with Crippen LogP contribution >= 0.6 is 0 Å². The van der Waals surface area contributed by atoms with E-state index in [1.807, 2.05) is 24.3 Å². The van der Waals surface area contributed by atoms with Crippen molar-refractivity contribution in [1.29, 1.82) is 5.26 Å². The molecular weight excluding hydrogens is 301 g/mol. The SMILES string of the molecule is CC1CC(C#N)(Nc2cccc(F)c2)C(Cc2ccccc2)CN1. The Balaban J connectivity index is 1.89. The van der Waals surface area contributed by atoms with Gasteiger partial charge < -0.3 is 10.6 Å². The number of hydrogen-bond acceptors (Lipinski definition) is 3. The Morgan fingerprint density at radius 3 is 2.75 bits per heavy atom. The van der Waals surface area contributed by atoms with Crippen LogP contribution in [0.2, 0.25) is 0 Å². The van der Waals surface area contributed by atoms with Crippen molar-refractivity contribution in [3.05, 3.63) is 66.0 Å². The van der Waals surface area contributed by atoms with Crippen LogP contribution in [0.3, 0.4) is 0 Å². The van der Waals surface area contributed by atoms with Gasteiger partial charge in [-0.3, -0.25) is 0 Å². The van der Waals surface area contributed by atoms with Gasteiger partial charge in [-0.15, -0.1) is 0 Å². The molecule has 3 rings (SSSR count). The number of benzene rings is 2. The predicted octanol–water partition coefficient (Wildman–Crippen LogP) is 3.74. The van der Waals surface area contributed by atoms with E-state index in [9.17, 15) is 9.65 Å². The molecule has 124 valence electrons. The highest BCUT2D eigenvalue weighted by Gasteiger charge is 2.43. The molecule has 0 radical (unpaired) electrons. The van der Waals surface area contributed by atoms with E-state index in [0.717, 1.165) is 13.0 Å². The highest BCUT2D eigenvalue weighted by molar-refractivity contribution is 5.49. The standard InChI is InChI=1S/C20H22FN3/c1-15-12-20(14-22,24-19-9-5-8-18(21)11-19)17(13-23-15)10-16-6-3-2-4-7-16/h2-9,11,15,17,23-24H,10,12-13H2,1H3. The van der Waals surface area contributed by atoms with Gasteiger partial charge in [0.25, 0.3) is 0 Å². The molecule has 2 N–H and O–H groups in total. The van der Waals surface area contributed by atoms with Gasteiger partial charge in [-0.25, -0.2) is 4.39 Å². The molecule has 24 heavy (non-hydrogen) atoms. The molecule has 3 atom stereocenters. The van der Waals surface area contributed by atoms with Crippen LogP contribution in [-0.2, 0) is 6.42 Å². The summed E-state index contributed by atoms with van der Waals surface area (Å²) in [7, 11) is 0. The lowest BCUT2D eigenvalue weighted by Gasteiger charge is -2.43. The minimum Gasteiger partial charge on any atom is -0.367 e. The fourth-order valence-electron chi connectivity index (χ4n) is 3.53. The van der Waals surface area contributed by atoms with Gasteiger partial charge in [0.05, 0.1) is 6.07 Å². The largest absolute Gasteiger partial charge is 0.367 e. The van der Waals surface area contributed by atoms with E-state index in [1.54, 1.807) is 6.07 Å². The second-order valence-electron chi connectivity index (χ2n) is 6.62. The van der Waals surface area contributed by atoms with Gasteiger partial charge in [0.1, 0.15) is 11.4 Å². The number of nitrogens with zero attached hydrogens (tertiary/aromatic N) is 1. The van der Waals surface area contributed by atoms with E-state index in [0.29, 0.717) is 12.1 Å². The fourth-order valence-corrected chi connectivity index (χ4v) is 3.53. The van der Waals surface area contributed by atoms with Crippen LogP contribution in [0.4, 0.5) is 10.1 Å². The first-order valence-electron chi connectivity index (χ1n) is 8.33. The van der Waals surface area contributed by atoms with E-state index >= 15 is 0 Å². The Labute approximate surface area is 142 Å². The van der Waals surface area contributed by atoms with Crippen LogP contribution in [0.15, 0.2) is 54.6 Å². The van der Waals surface area contributed by atoms with Crippen molar-refractivity contribution in [2.45, 2.75) is 31.3 Å². The Hall–Kier alpha value is -2.38. The highest BCUT2D eigenvalue weighted by Crippen LogP contribution is 2.33. The van der Waals surface area contributed by atoms with E-state index < -0.39 is 5.54 Å². The summed E-state index contributed by atoms with van der Waals surface area (Å²) in [6.07, 6.45) is 1.48. The molecule has 0 bridgehead atoms. The molecule has 3 nitrogen and oxygen atoms in total. The third-order valence-corrected chi connectivity index (χ3v) is 4.75. The van der Waals surface area contributed by atoms with Crippen molar-refractivity contribution in [3.8, 4) is 6.07 Å². The summed E-state index contributed by atoms with van der Waals surface area (Å²) in [5.74, 6) is -0.195. The zero-order valence-corrected chi connectivity index (χ0v) is 13.8. The van der Waals surface area contributed by atoms with Crippen molar-refractivity contribution < 1.29 is 4.39 Å². The molecule has 0 saturated carbocycles. The minimum atomic E-state index is -0.714. The molecule has 2 aromatic rings. The van der Waals surface area contributed by atoms with Gasteiger partial charge in [-0.2, -0.15) is 5.26 Å². The number of rotatable bonds is 4. The number of piperidine rings is 1. The third kappa shape index (κ3) is 3.58. The van der Waals surface area contributed by atoms with Crippen LogP contribution in [0.25, 0.3) is 0 Å². The summed E-state index contributed by atoms with van der Waals surface area (Å²) in [4.78, 5) is 0. The van der Waals surface area contributed by atoms with Gasteiger partial charge in [-0.1, -0.05) is 36.4 Å². The van der Waals surface area contributed by atoms with E-state index in [4.69, 9.17) is 0 Å². The molecule has 3 unspecified atom stereocenters. The molecule has 1 fully saturated rings.